The SMILES string of the molecule is CCNC(=NCC1(CCOC)CC1)NC1CC(C)N(Cc2ccccc2)C1. The first-order chi connectivity index (χ1) is 13.1. The molecule has 2 atom stereocenters. The monoisotopic (exact) mass is 372 g/mol. The zero-order valence-corrected chi connectivity index (χ0v) is 17.2. The van der Waals surface area contributed by atoms with Crippen LogP contribution in [0.2, 0.25) is 0 Å². The molecular formula is C22H36N4O. The van der Waals surface area contributed by atoms with Gasteiger partial charge in [-0.15, -0.1) is 0 Å². The highest BCUT2D eigenvalue weighted by Crippen LogP contribution is 2.48. The molecule has 1 aliphatic carbocycles. The van der Waals surface area contributed by atoms with Gasteiger partial charge in [0.05, 0.1) is 0 Å². The minimum Gasteiger partial charge on any atom is -0.385 e. The summed E-state index contributed by atoms with van der Waals surface area (Å²) in [6.45, 7) is 9.19. The first-order valence-electron chi connectivity index (χ1n) is 10.5. The minimum atomic E-state index is 0.390. The van der Waals surface area contributed by atoms with Crippen molar-refractivity contribution in [2.75, 3.05) is 33.4 Å². The van der Waals surface area contributed by atoms with Gasteiger partial charge in [0.25, 0.3) is 0 Å². The maximum absolute atomic E-state index is 5.27. The van der Waals surface area contributed by atoms with Crippen LogP contribution < -0.4 is 10.6 Å². The van der Waals surface area contributed by atoms with Crippen LogP contribution in [0, 0.1) is 5.41 Å². The molecule has 1 aliphatic heterocycles. The number of ether oxygens (including phenoxy) is 1. The molecule has 1 aromatic rings. The van der Waals surface area contributed by atoms with Gasteiger partial charge >= 0.3 is 0 Å². The summed E-state index contributed by atoms with van der Waals surface area (Å²) in [6.07, 6.45) is 4.85. The molecule has 1 heterocycles. The average molecular weight is 373 g/mol. The summed E-state index contributed by atoms with van der Waals surface area (Å²) in [5.74, 6) is 0.972. The largest absolute Gasteiger partial charge is 0.385 e. The second kappa shape index (κ2) is 9.56. The van der Waals surface area contributed by atoms with Gasteiger partial charge in [0.1, 0.15) is 0 Å². The smallest absolute Gasteiger partial charge is 0.191 e. The number of aliphatic imine (C=N–C) groups is 1. The number of likely N-dealkylation sites (tertiary alicyclic amines) is 1. The number of nitrogens with zero attached hydrogens (tertiary/aromatic N) is 2. The van der Waals surface area contributed by atoms with Gasteiger partial charge in [-0.05, 0) is 50.5 Å². The van der Waals surface area contributed by atoms with Crippen LogP contribution in [0.3, 0.4) is 0 Å². The van der Waals surface area contributed by atoms with Crippen LogP contribution in [0.1, 0.15) is 45.1 Å². The molecule has 0 amide bonds. The molecular weight excluding hydrogens is 336 g/mol. The second-order valence-electron chi connectivity index (χ2n) is 8.28. The van der Waals surface area contributed by atoms with E-state index in [9.17, 15) is 0 Å². The van der Waals surface area contributed by atoms with Crippen molar-refractivity contribution in [2.24, 2.45) is 10.4 Å². The van der Waals surface area contributed by atoms with Gasteiger partial charge in [0.2, 0.25) is 0 Å². The molecule has 2 aliphatic rings. The van der Waals surface area contributed by atoms with Crippen LogP contribution in [-0.4, -0.2) is 56.3 Å². The van der Waals surface area contributed by atoms with Crippen LogP contribution in [0.5, 0.6) is 0 Å². The predicted octanol–water partition coefficient (Wildman–Crippen LogP) is 3.02. The van der Waals surface area contributed by atoms with Gasteiger partial charge in [-0.3, -0.25) is 9.89 Å². The van der Waals surface area contributed by atoms with Crippen molar-refractivity contribution >= 4 is 5.96 Å². The van der Waals surface area contributed by atoms with Crippen molar-refractivity contribution in [1.29, 1.82) is 0 Å². The minimum absolute atomic E-state index is 0.390. The van der Waals surface area contributed by atoms with Crippen LogP contribution in [0.25, 0.3) is 0 Å². The molecule has 3 rings (SSSR count). The average Bonchev–Trinajstić information content (AvgIpc) is 3.37. The topological polar surface area (TPSA) is 48.9 Å². The van der Waals surface area contributed by atoms with Crippen LogP contribution in [0.15, 0.2) is 35.3 Å². The van der Waals surface area contributed by atoms with E-state index in [0.29, 0.717) is 17.5 Å². The molecule has 2 fully saturated rings. The molecule has 1 saturated carbocycles. The number of rotatable bonds is 9. The number of guanidine groups is 1. The maximum atomic E-state index is 5.27. The third kappa shape index (κ3) is 5.94. The Morgan fingerprint density at radius 2 is 2.07 bits per heavy atom. The lowest BCUT2D eigenvalue weighted by molar-refractivity contribution is 0.174. The van der Waals surface area contributed by atoms with Crippen molar-refractivity contribution < 1.29 is 4.74 Å². The first-order valence-corrected chi connectivity index (χ1v) is 10.5. The highest BCUT2D eigenvalue weighted by Gasteiger charge is 2.42. The molecule has 0 spiro atoms. The highest BCUT2D eigenvalue weighted by molar-refractivity contribution is 5.80. The molecule has 1 saturated heterocycles. The highest BCUT2D eigenvalue weighted by atomic mass is 16.5. The third-order valence-electron chi connectivity index (χ3n) is 5.98. The number of hydrogen-bond acceptors (Lipinski definition) is 3. The van der Waals surface area contributed by atoms with Crippen molar-refractivity contribution in [3.8, 4) is 0 Å². The second-order valence-corrected chi connectivity index (χ2v) is 8.28. The summed E-state index contributed by atoms with van der Waals surface area (Å²) in [7, 11) is 1.79. The van der Waals surface area contributed by atoms with Crippen molar-refractivity contribution in [3.63, 3.8) is 0 Å². The summed E-state index contributed by atoms with van der Waals surface area (Å²) in [5, 5.41) is 7.12. The zero-order chi connectivity index (χ0) is 19.1. The molecule has 1 aromatic carbocycles. The van der Waals surface area contributed by atoms with E-state index in [2.05, 4.69) is 59.7 Å². The van der Waals surface area contributed by atoms with E-state index < -0.39 is 0 Å². The summed E-state index contributed by atoms with van der Waals surface area (Å²) < 4.78 is 5.27. The van der Waals surface area contributed by atoms with Gasteiger partial charge < -0.3 is 15.4 Å². The predicted molar refractivity (Wildman–Crippen MR) is 112 cm³/mol. The molecule has 150 valence electrons. The van der Waals surface area contributed by atoms with E-state index in [0.717, 1.165) is 51.6 Å². The molecule has 0 aromatic heterocycles. The Balaban J connectivity index is 1.53. The normalized spacial score (nSPS) is 24.8. The van der Waals surface area contributed by atoms with E-state index in [1.807, 2.05) is 0 Å². The van der Waals surface area contributed by atoms with E-state index in [4.69, 9.17) is 9.73 Å². The van der Waals surface area contributed by atoms with Gasteiger partial charge in [-0.25, -0.2) is 0 Å². The van der Waals surface area contributed by atoms with E-state index in [1.54, 1.807) is 7.11 Å². The van der Waals surface area contributed by atoms with Crippen molar-refractivity contribution in [2.45, 2.75) is 58.2 Å². The number of methoxy groups -OCH3 is 1. The Morgan fingerprint density at radius 1 is 1.30 bits per heavy atom. The Morgan fingerprint density at radius 3 is 2.74 bits per heavy atom. The molecule has 2 N–H and O–H groups in total. The number of benzene rings is 1. The standard InChI is InChI=1S/C22H36N4O/c1-4-23-21(24-17-22(10-11-22)12-13-27-3)25-20-14-18(2)26(16-20)15-19-8-6-5-7-9-19/h5-9,18,20H,4,10-17H2,1-3H3,(H2,23,24,25). The fraction of sp³-hybridized carbons (Fsp3) is 0.682. The van der Waals surface area contributed by atoms with E-state index >= 15 is 0 Å². The Labute approximate surface area is 164 Å². The summed E-state index contributed by atoms with van der Waals surface area (Å²) in [6, 6.07) is 11.8. The van der Waals surface area contributed by atoms with Gasteiger partial charge in [0.15, 0.2) is 5.96 Å². The first kappa shape index (κ1) is 20.2. The Kier molecular flexibility index (Phi) is 7.13. The maximum Gasteiger partial charge on any atom is 0.191 e. The number of hydrogen-bond donors (Lipinski definition) is 2. The summed E-state index contributed by atoms with van der Waals surface area (Å²) in [4.78, 5) is 7.49. The Hall–Kier alpha value is -1.59. The fourth-order valence-corrected chi connectivity index (χ4v) is 3.98. The fourth-order valence-electron chi connectivity index (χ4n) is 3.98. The van der Waals surface area contributed by atoms with Crippen molar-refractivity contribution in [1.82, 2.24) is 15.5 Å². The van der Waals surface area contributed by atoms with Crippen LogP contribution in [-0.2, 0) is 11.3 Å². The molecule has 0 radical (unpaired) electrons. The van der Waals surface area contributed by atoms with Crippen LogP contribution >= 0.6 is 0 Å². The third-order valence-corrected chi connectivity index (χ3v) is 5.98. The summed E-state index contributed by atoms with van der Waals surface area (Å²) in [5.41, 5.74) is 1.78. The zero-order valence-electron chi connectivity index (χ0n) is 17.2. The van der Waals surface area contributed by atoms with E-state index in [-0.39, 0.29) is 0 Å². The quantitative estimate of drug-likeness (QED) is 0.517. The molecule has 2 unspecified atom stereocenters. The lowest BCUT2D eigenvalue weighted by Gasteiger charge is -2.21. The molecule has 5 nitrogen and oxygen atoms in total. The van der Waals surface area contributed by atoms with Crippen molar-refractivity contribution in [3.05, 3.63) is 35.9 Å². The van der Waals surface area contributed by atoms with Gasteiger partial charge in [0, 0.05) is 52.0 Å². The van der Waals surface area contributed by atoms with Gasteiger partial charge in [-0.1, -0.05) is 30.3 Å². The lowest BCUT2D eigenvalue weighted by atomic mass is 10.0. The van der Waals surface area contributed by atoms with Gasteiger partial charge in [-0.2, -0.15) is 0 Å². The number of nitrogens with one attached hydrogen (secondary N) is 2. The van der Waals surface area contributed by atoms with E-state index in [1.165, 1.54) is 18.4 Å². The lowest BCUT2D eigenvalue weighted by Crippen LogP contribution is -2.44. The molecule has 0 bridgehead atoms. The molecule has 5 heteroatoms. The Bertz CT molecular complexity index is 600. The molecule has 27 heavy (non-hydrogen) atoms. The van der Waals surface area contributed by atoms with Crippen LogP contribution in [0.4, 0.5) is 0 Å². The summed E-state index contributed by atoms with van der Waals surface area (Å²) >= 11 is 0.